The van der Waals surface area contributed by atoms with Gasteiger partial charge in [0.1, 0.15) is 0 Å². The molecular formula is C17H32IN3OS. The van der Waals surface area contributed by atoms with E-state index >= 15 is 0 Å². The number of nitrogens with one attached hydrogen (secondary N) is 1. The fraction of sp³-hybridized carbons (Fsp3) is 0.941. The van der Waals surface area contributed by atoms with Gasteiger partial charge in [-0.05, 0) is 43.8 Å². The second kappa shape index (κ2) is 8.61. The molecule has 3 fully saturated rings. The van der Waals surface area contributed by atoms with Gasteiger partial charge in [0, 0.05) is 25.4 Å². The molecule has 2 N–H and O–H groups in total. The van der Waals surface area contributed by atoms with E-state index in [1.807, 2.05) is 11.8 Å². The minimum absolute atomic E-state index is 0. The second-order valence-electron chi connectivity index (χ2n) is 7.43. The number of hydrogen-bond donors (Lipinski definition) is 2. The van der Waals surface area contributed by atoms with Gasteiger partial charge in [-0.25, -0.2) is 0 Å². The van der Waals surface area contributed by atoms with Crippen LogP contribution in [0, 0.1) is 5.41 Å². The molecule has 0 amide bonds. The molecule has 3 aliphatic rings. The van der Waals surface area contributed by atoms with Crippen molar-refractivity contribution in [2.75, 3.05) is 37.7 Å². The first-order chi connectivity index (χ1) is 10.6. The Morgan fingerprint density at radius 1 is 1.22 bits per heavy atom. The number of guanidine groups is 1. The van der Waals surface area contributed by atoms with Gasteiger partial charge in [-0.3, -0.25) is 4.99 Å². The molecule has 2 heterocycles. The Bertz CT molecular complexity index is 407. The van der Waals surface area contributed by atoms with E-state index in [1.54, 1.807) is 0 Å². The summed E-state index contributed by atoms with van der Waals surface area (Å²) in [6.07, 6.45) is 9.20. The zero-order chi connectivity index (χ0) is 15.5. The molecule has 1 unspecified atom stereocenters. The van der Waals surface area contributed by atoms with E-state index in [1.165, 1.54) is 38.5 Å². The highest BCUT2D eigenvalue weighted by atomic mass is 127. The molecular weight excluding hydrogens is 421 g/mol. The van der Waals surface area contributed by atoms with Crippen LogP contribution in [0.3, 0.4) is 0 Å². The van der Waals surface area contributed by atoms with Gasteiger partial charge in [0.25, 0.3) is 0 Å². The topological polar surface area (TPSA) is 47.9 Å². The third-order valence-electron chi connectivity index (χ3n) is 5.59. The van der Waals surface area contributed by atoms with Crippen LogP contribution in [0.2, 0.25) is 0 Å². The highest BCUT2D eigenvalue weighted by molar-refractivity contribution is 14.0. The Morgan fingerprint density at radius 2 is 2.00 bits per heavy atom. The molecule has 1 saturated carbocycles. The van der Waals surface area contributed by atoms with Crippen molar-refractivity contribution in [3.8, 4) is 0 Å². The van der Waals surface area contributed by atoms with Crippen LogP contribution in [0.25, 0.3) is 0 Å². The maximum absolute atomic E-state index is 10.5. The molecule has 1 atom stereocenters. The molecule has 0 aromatic carbocycles. The number of thioether (sulfide) groups is 1. The van der Waals surface area contributed by atoms with Crippen molar-refractivity contribution in [3.05, 3.63) is 0 Å². The lowest BCUT2D eigenvalue weighted by molar-refractivity contribution is 0.0775. The first-order valence-electron chi connectivity index (χ1n) is 8.98. The third-order valence-corrected chi connectivity index (χ3v) is 6.83. The molecule has 3 rings (SSSR count). The largest absolute Gasteiger partial charge is 0.387 e. The fourth-order valence-corrected chi connectivity index (χ4v) is 5.48. The smallest absolute Gasteiger partial charge is 0.194 e. The summed E-state index contributed by atoms with van der Waals surface area (Å²) in [6.45, 7) is 5.86. The molecule has 1 aliphatic carbocycles. The maximum atomic E-state index is 10.5. The number of hydrogen-bond acceptors (Lipinski definition) is 3. The highest BCUT2D eigenvalue weighted by Crippen LogP contribution is 2.43. The number of aliphatic imine (C=N–C) groups is 1. The summed E-state index contributed by atoms with van der Waals surface area (Å²) in [5.41, 5.74) is -0.0257. The fourth-order valence-electron chi connectivity index (χ4n) is 4.19. The molecule has 6 heteroatoms. The summed E-state index contributed by atoms with van der Waals surface area (Å²) in [6, 6.07) is 0. The van der Waals surface area contributed by atoms with E-state index in [4.69, 9.17) is 4.99 Å². The quantitative estimate of drug-likeness (QED) is 0.392. The van der Waals surface area contributed by atoms with Crippen LogP contribution in [0.1, 0.15) is 51.9 Å². The maximum Gasteiger partial charge on any atom is 0.194 e. The van der Waals surface area contributed by atoms with Crippen molar-refractivity contribution >= 4 is 41.7 Å². The van der Waals surface area contributed by atoms with Crippen LogP contribution in [0.15, 0.2) is 4.99 Å². The van der Waals surface area contributed by atoms with Gasteiger partial charge in [-0.2, -0.15) is 11.8 Å². The minimum atomic E-state index is -0.576. The molecule has 134 valence electrons. The van der Waals surface area contributed by atoms with Gasteiger partial charge in [0.05, 0.1) is 12.1 Å². The summed E-state index contributed by atoms with van der Waals surface area (Å²) in [4.78, 5) is 7.24. The van der Waals surface area contributed by atoms with Gasteiger partial charge in [0.2, 0.25) is 0 Å². The molecule has 2 saturated heterocycles. The first kappa shape index (κ1) is 19.6. The Kier molecular flexibility index (Phi) is 7.35. The van der Waals surface area contributed by atoms with Crippen LogP contribution in [-0.4, -0.2) is 59.3 Å². The highest BCUT2D eigenvalue weighted by Gasteiger charge is 2.40. The van der Waals surface area contributed by atoms with E-state index < -0.39 is 5.60 Å². The number of likely N-dealkylation sites (tertiary alicyclic amines) is 1. The number of halogens is 1. The summed E-state index contributed by atoms with van der Waals surface area (Å²) < 4.78 is 0. The molecule has 0 aromatic heterocycles. The Hall–Kier alpha value is 0.310. The van der Waals surface area contributed by atoms with Crippen LogP contribution >= 0.6 is 35.7 Å². The van der Waals surface area contributed by atoms with Crippen molar-refractivity contribution in [1.29, 1.82) is 0 Å². The van der Waals surface area contributed by atoms with E-state index in [9.17, 15) is 5.11 Å². The van der Waals surface area contributed by atoms with Gasteiger partial charge in [0.15, 0.2) is 5.96 Å². The van der Waals surface area contributed by atoms with E-state index in [0.717, 1.165) is 43.5 Å². The summed E-state index contributed by atoms with van der Waals surface area (Å²) in [7, 11) is 0. The van der Waals surface area contributed by atoms with Gasteiger partial charge in [-0.1, -0.05) is 19.3 Å². The number of aliphatic hydroxyl groups is 1. The molecule has 2 aliphatic heterocycles. The third kappa shape index (κ3) is 4.91. The SMILES string of the molecule is CCNC(=NCC1(O)CCSC1)N1CCC2(CCCCC2)C1.I. The second-order valence-corrected chi connectivity index (χ2v) is 8.53. The predicted molar refractivity (Wildman–Crippen MR) is 110 cm³/mol. The predicted octanol–water partition coefficient (Wildman–Crippen LogP) is 3.09. The monoisotopic (exact) mass is 453 g/mol. The Morgan fingerprint density at radius 3 is 2.65 bits per heavy atom. The minimum Gasteiger partial charge on any atom is -0.387 e. The molecule has 23 heavy (non-hydrogen) atoms. The Balaban J connectivity index is 0.00000192. The van der Waals surface area contributed by atoms with Crippen molar-refractivity contribution in [3.63, 3.8) is 0 Å². The zero-order valence-corrected chi connectivity index (χ0v) is 17.5. The molecule has 4 nitrogen and oxygen atoms in total. The summed E-state index contributed by atoms with van der Waals surface area (Å²) in [5, 5.41) is 14.0. The van der Waals surface area contributed by atoms with E-state index in [0.29, 0.717) is 12.0 Å². The van der Waals surface area contributed by atoms with Crippen LogP contribution < -0.4 is 5.32 Å². The lowest BCUT2D eigenvalue weighted by Gasteiger charge is -2.33. The summed E-state index contributed by atoms with van der Waals surface area (Å²) in [5.74, 6) is 2.92. The average molecular weight is 453 g/mol. The number of nitrogens with zero attached hydrogens (tertiary/aromatic N) is 2. The van der Waals surface area contributed by atoms with Gasteiger partial charge in [-0.15, -0.1) is 24.0 Å². The van der Waals surface area contributed by atoms with Crippen molar-refractivity contribution < 1.29 is 5.11 Å². The summed E-state index contributed by atoms with van der Waals surface area (Å²) >= 11 is 1.84. The van der Waals surface area contributed by atoms with Crippen LogP contribution in [-0.2, 0) is 0 Å². The zero-order valence-electron chi connectivity index (χ0n) is 14.4. The van der Waals surface area contributed by atoms with Gasteiger partial charge < -0.3 is 15.3 Å². The van der Waals surface area contributed by atoms with Crippen LogP contribution in [0.4, 0.5) is 0 Å². The average Bonchev–Trinajstić information content (AvgIpc) is 3.12. The van der Waals surface area contributed by atoms with Crippen molar-refractivity contribution in [1.82, 2.24) is 10.2 Å². The van der Waals surface area contributed by atoms with Crippen LogP contribution in [0.5, 0.6) is 0 Å². The first-order valence-corrected chi connectivity index (χ1v) is 10.1. The van der Waals surface area contributed by atoms with Crippen molar-refractivity contribution in [2.45, 2.75) is 57.5 Å². The lowest BCUT2D eigenvalue weighted by Crippen LogP contribution is -2.43. The van der Waals surface area contributed by atoms with Crippen molar-refractivity contribution in [2.24, 2.45) is 10.4 Å². The molecule has 0 aromatic rings. The standard InChI is InChI=1S/C17H31N3OS.HI/c1-2-18-15(19-12-17(21)9-11-22-14-17)20-10-8-16(13-20)6-4-3-5-7-16;/h21H,2-14H2,1H3,(H,18,19);1H. The lowest BCUT2D eigenvalue weighted by atomic mass is 9.73. The molecule has 0 bridgehead atoms. The van der Waals surface area contributed by atoms with Gasteiger partial charge >= 0.3 is 0 Å². The number of rotatable bonds is 3. The normalized spacial score (nSPS) is 30.5. The van der Waals surface area contributed by atoms with E-state index in [2.05, 4.69) is 17.1 Å². The molecule has 1 spiro atoms. The Labute approximate surface area is 162 Å². The molecule has 0 radical (unpaired) electrons. The van der Waals surface area contributed by atoms with E-state index in [-0.39, 0.29) is 24.0 Å².